The lowest BCUT2D eigenvalue weighted by Gasteiger charge is -2.35. The maximum atomic E-state index is 6.43. The molecule has 18 heavy (non-hydrogen) atoms. The lowest BCUT2D eigenvalue weighted by Crippen LogP contribution is -2.29. The molecule has 0 saturated heterocycles. The van der Waals surface area contributed by atoms with Gasteiger partial charge in [0.1, 0.15) is 0 Å². The Balaban J connectivity index is 1.93. The molecule has 2 atom stereocenters. The van der Waals surface area contributed by atoms with Crippen molar-refractivity contribution in [1.29, 1.82) is 0 Å². The van der Waals surface area contributed by atoms with Gasteiger partial charge in [-0.05, 0) is 41.3 Å². The van der Waals surface area contributed by atoms with E-state index < -0.39 is 0 Å². The van der Waals surface area contributed by atoms with E-state index >= 15 is 0 Å². The summed E-state index contributed by atoms with van der Waals surface area (Å²) in [5.41, 5.74) is 10.4. The second-order valence-corrected chi connectivity index (χ2v) is 6.47. The fourth-order valence-corrected chi connectivity index (χ4v) is 3.49. The minimum absolute atomic E-state index is 0.0479. The van der Waals surface area contributed by atoms with Crippen molar-refractivity contribution >= 4 is 31.9 Å². The summed E-state index contributed by atoms with van der Waals surface area (Å²) in [7, 11) is 0. The molecule has 0 spiro atoms. The molecular weight excluding hydrogens is 354 g/mol. The van der Waals surface area contributed by atoms with Gasteiger partial charge < -0.3 is 5.73 Å². The summed E-state index contributed by atoms with van der Waals surface area (Å²) in [6.07, 6.45) is 1.08. The molecule has 2 aromatic carbocycles. The first kappa shape index (κ1) is 12.4. The first-order chi connectivity index (χ1) is 8.66. The van der Waals surface area contributed by atoms with E-state index in [2.05, 4.69) is 62.2 Å². The Labute approximate surface area is 124 Å². The topological polar surface area (TPSA) is 26.0 Å². The van der Waals surface area contributed by atoms with Crippen LogP contribution in [-0.2, 0) is 6.42 Å². The number of fused-ring (bicyclic) bond motifs is 1. The maximum absolute atomic E-state index is 6.43. The van der Waals surface area contributed by atoms with Crippen molar-refractivity contribution in [1.82, 2.24) is 0 Å². The number of nitrogens with two attached hydrogens (primary N) is 1. The second kappa shape index (κ2) is 4.80. The molecule has 1 aliphatic carbocycles. The summed E-state index contributed by atoms with van der Waals surface area (Å²) >= 11 is 7.10. The highest BCUT2D eigenvalue weighted by molar-refractivity contribution is 9.11. The zero-order chi connectivity index (χ0) is 12.7. The van der Waals surface area contributed by atoms with E-state index in [4.69, 9.17) is 5.73 Å². The molecule has 0 amide bonds. The molecule has 0 aliphatic heterocycles. The van der Waals surface area contributed by atoms with Gasteiger partial charge in [-0.15, -0.1) is 0 Å². The Kier molecular flexibility index (Phi) is 3.31. The minimum Gasteiger partial charge on any atom is -0.323 e. The summed E-state index contributed by atoms with van der Waals surface area (Å²) < 4.78 is 2.16. The Bertz CT molecular complexity index is 595. The van der Waals surface area contributed by atoms with E-state index in [9.17, 15) is 0 Å². The van der Waals surface area contributed by atoms with Crippen molar-refractivity contribution in [2.75, 3.05) is 0 Å². The zero-order valence-corrected chi connectivity index (χ0v) is 12.9. The second-order valence-electron chi connectivity index (χ2n) is 4.70. The summed E-state index contributed by atoms with van der Waals surface area (Å²) in [4.78, 5) is 0. The molecule has 0 saturated carbocycles. The highest BCUT2D eigenvalue weighted by Gasteiger charge is 2.32. The van der Waals surface area contributed by atoms with Crippen LogP contribution in [0.4, 0.5) is 0 Å². The Morgan fingerprint density at radius 3 is 2.67 bits per heavy atom. The fraction of sp³-hybridized carbons (Fsp3) is 0.200. The number of hydrogen-bond acceptors (Lipinski definition) is 1. The van der Waals surface area contributed by atoms with Gasteiger partial charge in [-0.2, -0.15) is 0 Å². The molecule has 3 heteroatoms. The van der Waals surface area contributed by atoms with E-state index in [1.807, 2.05) is 12.1 Å². The van der Waals surface area contributed by atoms with E-state index in [0.29, 0.717) is 5.92 Å². The number of halogens is 2. The van der Waals surface area contributed by atoms with Crippen molar-refractivity contribution < 1.29 is 0 Å². The van der Waals surface area contributed by atoms with Crippen molar-refractivity contribution in [3.8, 4) is 0 Å². The molecule has 0 heterocycles. The van der Waals surface area contributed by atoms with Gasteiger partial charge in [0, 0.05) is 20.9 Å². The first-order valence-corrected chi connectivity index (χ1v) is 7.54. The first-order valence-electron chi connectivity index (χ1n) is 5.95. The third-order valence-corrected chi connectivity index (χ3v) is 4.86. The normalized spacial score (nSPS) is 18.9. The van der Waals surface area contributed by atoms with Gasteiger partial charge >= 0.3 is 0 Å². The maximum Gasteiger partial charge on any atom is 0.0379 e. The Morgan fingerprint density at radius 1 is 1.11 bits per heavy atom. The minimum atomic E-state index is 0.0479. The van der Waals surface area contributed by atoms with Crippen molar-refractivity contribution in [2.45, 2.75) is 18.4 Å². The lowest BCUT2D eigenvalue weighted by molar-refractivity contribution is 0.498. The van der Waals surface area contributed by atoms with Crippen LogP contribution in [0.1, 0.15) is 28.7 Å². The predicted octanol–water partition coefficient (Wildman–Crippen LogP) is 4.55. The summed E-state index contributed by atoms with van der Waals surface area (Å²) in [6, 6.07) is 14.8. The molecule has 92 valence electrons. The van der Waals surface area contributed by atoms with Crippen LogP contribution in [0.15, 0.2) is 51.4 Å². The third kappa shape index (κ3) is 2.04. The van der Waals surface area contributed by atoms with Crippen LogP contribution in [0.2, 0.25) is 0 Å². The Morgan fingerprint density at radius 2 is 1.89 bits per heavy atom. The molecule has 0 aromatic heterocycles. The summed E-state index contributed by atoms with van der Waals surface area (Å²) in [5.74, 6) is 0.437. The van der Waals surface area contributed by atoms with Crippen LogP contribution in [0.25, 0.3) is 0 Å². The van der Waals surface area contributed by atoms with Gasteiger partial charge in [0.25, 0.3) is 0 Å². The van der Waals surface area contributed by atoms with E-state index in [1.165, 1.54) is 16.7 Å². The molecule has 0 fully saturated rings. The molecule has 0 radical (unpaired) electrons. The average molecular weight is 367 g/mol. The van der Waals surface area contributed by atoms with E-state index in [-0.39, 0.29) is 6.04 Å². The quantitative estimate of drug-likeness (QED) is 0.828. The smallest absolute Gasteiger partial charge is 0.0379 e. The van der Waals surface area contributed by atoms with Crippen LogP contribution in [0.3, 0.4) is 0 Å². The molecule has 2 aromatic rings. The summed E-state index contributed by atoms with van der Waals surface area (Å²) in [5, 5.41) is 0. The number of rotatable bonds is 2. The highest BCUT2D eigenvalue weighted by Crippen LogP contribution is 2.44. The van der Waals surface area contributed by atoms with Crippen LogP contribution >= 0.6 is 31.9 Å². The van der Waals surface area contributed by atoms with Gasteiger partial charge in [-0.25, -0.2) is 0 Å². The van der Waals surface area contributed by atoms with Crippen molar-refractivity contribution in [3.63, 3.8) is 0 Å². The van der Waals surface area contributed by atoms with Crippen LogP contribution < -0.4 is 5.73 Å². The molecule has 0 bridgehead atoms. The van der Waals surface area contributed by atoms with Gasteiger partial charge in [-0.1, -0.05) is 56.1 Å². The van der Waals surface area contributed by atoms with Gasteiger partial charge in [0.15, 0.2) is 0 Å². The van der Waals surface area contributed by atoms with Crippen molar-refractivity contribution in [2.24, 2.45) is 5.73 Å². The number of hydrogen-bond donors (Lipinski definition) is 1. The molecular formula is C15H13Br2N. The number of benzene rings is 2. The molecule has 3 rings (SSSR count). The standard InChI is InChI=1S/C15H13Br2N/c16-10-5-6-14(17)13(8-10)15(18)12-7-9-3-1-2-4-11(9)12/h1-6,8,12,15H,7,18H2. The molecule has 2 unspecified atom stereocenters. The van der Waals surface area contributed by atoms with Crippen LogP contribution in [0, 0.1) is 0 Å². The predicted molar refractivity (Wildman–Crippen MR) is 81.7 cm³/mol. The van der Waals surface area contributed by atoms with Gasteiger partial charge in [0.2, 0.25) is 0 Å². The third-order valence-electron chi connectivity index (χ3n) is 3.65. The Hall–Kier alpha value is -0.640. The average Bonchev–Trinajstić information content (AvgIpc) is 2.33. The molecule has 1 aliphatic rings. The lowest BCUT2D eigenvalue weighted by atomic mass is 9.72. The highest BCUT2D eigenvalue weighted by atomic mass is 79.9. The summed E-state index contributed by atoms with van der Waals surface area (Å²) in [6.45, 7) is 0. The van der Waals surface area contributed by atoms with E-state index in [1.54, 1.807) is 0 Å². The fourth-order valence-electron chi connectivity index (χ4n) is 2.60. The molecule has 2 N–H and O–H groups in total. The zero-order valence-electron chi connectivity index (χ0n) is 9.74. The van der Waals surface area contributed by atoms with Gasteiger partial charge in [0.05, 0.1) is 0 Å². The van der Waals surface area contributed by atoms with E-state index in [0.717, 1.165) is 15.4 Å². The van der Waals surface area contributed by atoms with Crippen LogP contribution in [0.5, 0.6) is 0 Å². The SMILES string of the molecule is NC(c1cc(Br)ccc1Br)C1Cc2ccccc21. The largest absolute Gasteiger partial charge is 0.323 e. The van der Waals surface area contributed by atoms with Gasteiger partial charge in [-0.3, -0.25) is 0 Å². The molecule has 1 nitrogen and oxygen atoms in total. The van der Waals surface area contributed by atoms with Crippen molar-refractivity contribution in [3.05, 3.63) is 68.1 Å². The monoisotopic (exact) mass is 365 g/mol. The van der Waals surface area contributed by atoms with Crippen LogP contribution in [-0.4, -0.2) is 0 Å².